The Labute approximate surface area is 104 Å². The summed E-state index contributed by atoms with van der Waals surface area (Å²) in [5, 5.41) is 2.33. The molecule has 1 saturated heterocycles. The van der Waals surface area contributed by atoms with Crippen LogP contribution in [0.2, 0.25) is 0 Å². The number of hydrazine groups is 1. The molecule has 16 heavy (non-hydrogen) atoms. The van der Waals surface area contributed by atoms with Crippen LogP contribution in [-0.2, 0) is 0 Å². The second-order valence-electron chi connectivity index (χ2n) is 4.49. The molecule has 0 radical (unpaired) electrons. The lowest BCUT2D eigenvalue weighted by atomic mass is 10.2. The van der Waals surface area contributed by atoms with Crippen LogP contribution in [0, 0.1) is 0 Å². The molecule has 0 amide bonds. The van der Waals surface area contributed by atoms with E-state index < -0.39 is 0 Å². The first-order valence-corrected chi connectivity index (χ1v) is 7.54. The lowest BCUT2D eigenvalue weighted by molar-refractivity contribution is 0.0862. The molecule has 1 heterocycles. The molecule has 3 N–H and O–H groups in total. The summed E-state index contributed by atoms with van der Waals surface area (Å²) in [7, 11) is 2.18. The van der Waals surface area contributed by atoms with Crippen molar-refractivity contribution in [2.75, 3.05) is 51.8 Å². The number of nitrogens with one attached hydrogen (secondary N) is 1. The van der Waals surface area contributed by atoms with Gasteiger partial charge in [-0.1, -0.05) is 0 Å². The average Bonchev–Trinajstić information content (AvgIpc) is 2.31. The Bertz CT molecular complexity index is 171. The first-order valence-electron chi connectivity index (χ1n) is 6.15. The average molecular weight is 246 g/mol. The number of rotatable bonds is 7. The van der Waals surface area contributed by atoms with Crippen molar-refractivity contribution < 1.29 is 0 Å². The van der Waals surface area contributed by atoms with Crippen LogP contribution in [0.4, 0.5) is 0 Å². The molecule has 0 aliphatic carbocycles. The van der Waals surface area contributed by atoms with Crippen LogP contribution in [0.3, 0.4) is 0 Å². The zero-order valence-corrected chi connectivity index (χ0v) is 11.4. The smallest absolute Gasteiger partial charge is 0.0338 e. The van der Waals surface area contributed by atoms with Crippen LogP contribution >= 0.6 is 11.8 Å². The van der Waals surface area contributed by atoms with Crippen LogP contribution in [0.1, 0.15) is 12.8 Å². The lowest BCUT2D eigenvalue weighted by Gasteiger charge is -2.35. The number of likely N-dealkylation sites (N-methyl/N-ethyl adjacent to an activating group) is 1. The molecule has 1 rings (SSSR count). The van der Waals surface area contributed by atoms with Crippen molar-refractivity contribution in [3.05, 3.63) is 0 Å². The van der Waals surface area contributed by atoms with Gasteiger partial charge in [-0.3, -0.25) is 5.43 Å². The molecule has 0 aromatic rings. The van der Waals surface area contributed by atoms with Gasteiger partial charge in [0.2, 0.25) is 0 Å². The fourth-order valence-electron chi connectivity index (χ4n) is 1.90. The molecule has 1 aliphatic rings. The Morgan fingerprint density at radius 2 is 2.00 bits per heavy atom. The topological polar surface area (TPSA) is 44.5 Å². The number of thioether (sulfide) groups is 1. The van der Waals surface area contributed by atoms with Crippen molar-refractivity contribution in [2.24, 2.45) is 5.73 Å². The summed E-state index contributed by atoms with van der Waals surface area (Å²) >= 11 is 1.91. The minimum absolute atomic E-state index is 0.454. The van der Waals surface area contributed by atoms with E-state index in [-0.39, 0.29) is 0 Å². The lowest BCUT2D eigenvalue weighted by Crippen LogP contribution is -2.55. The van der Waals surface area contributed by atoms with E-state index in [1.54, 1.807) is 0 Å². The Hall–Kier alpha value is 0.190. The molecule has 0 aromatic heterocycles. The van der Waals surface area contributed by atoms with Gasteiger partial charge in [-0.05, 0) is 31.9 Å². The van der Waals surface area contributed by atoms with Crippen LogP contribution in [0.25, 0.3) is 0 Å². The van der Waals surface area contributed by atoms with E-state index in [0.717, 1.165) is 32.7 Å². The van der Waals surface area contributed by atoms with Gasteiger partial charge >= 0.3 is 0 Å². The first-order chi connectivity index (χ1) is 7.76. The molecule has 96 valence electrons. The second-order valence-corrected chi connectivity index (χ2v) is 5.47. The molecule has 1 unspecified atom stereocenters. The van der Waals surface area contributed by atoms with E-state index in [4.69, 9.17) is 5.73 Å². The summed E-state index contributed by atoms with van der Waals surface area (Å²) in [6.07, 6.45) is 4.60. The summed E-state index contributed by atoms with van der Waals surface area (Å²) < 4.78 is 0. The molecular weight excluding hydrogens is 220 g/mol. The molecule has 1 aliphatic heterocycles. The zero-order chi connectivity index (χ0) is 11.8. The Kier molecular flexibility index (Phi) is 7.40. The Morgan fingerprint density at radius 3 is 2.56 bits per heavy atom. The largest absolute Gasteiger partial charge is 0.329 e. The van der Waals surface area contributed by atoms with Crippen molar-refractivity contribution in [1.82, 2.24) is 15.3 Å². The maximum atomic E-state index is 5.79. The van der Waals surface area contributed by atoms with Gasteiger partial charge in [0, 0.05) is 38.8 Å². The fraction of sp³-hybridized carbons (Fsp3) is 1.00. The SMILES string of the molecule is CSCCCC(CN)NN1CCN(C)CC1. The molecule has 0 aromatic carbocycles. The third-order valence-corrected chi connectivity index (χ3v) is 3.75. The highest BCUT2D eigenvalue weighted by molar-refractivity contribution is 7.98. The minimum Gasteiger partial charge on any atom is -0.329 e. The summed E-state index contributed by atoms with van der Waals surface area (Å²) in [6, 6.07) is 0.454. The van der Waals surface area contributed by atoms with E-state index in [1.807, 2.05) is 11.8 Å². The van der Waals surface area contributed by atoms with E-state index in [9.17, 15) is 0 Å². The highest BCUT2D eigenvalue weighted by Gasteiger charge is 2.16. The fourth-order valence-corrected chi connectivity index (χ4v) is 2.36. The number of hydrogen-bond donors (Lipinski definition) is 2. The van der Waals surface area contributed by atoms with Gasteiger partial charge in [0.15, 0.2) is 0 Å². The Balaban J connectivity index is 2.16. The van der Waals surface area contributed by atoms with Crippen molar-refractivity contribution in [3.8, 4) is 0 Å². The quantitative estimate of drug-likeness (QED) is 0.629. The van der Waals surface area contributed by atoms with Gasteiger partial charge in [0.05, 0.1) is 0 Å². The number of piperazine rings is 1. The minimum atomic E-state index is 0.454. The van der Waals surface area contributed by atoms with Gasteiger partial charge in [-0.2, -0.15) is 11.8 Å². The molecule has 1 atom stereocenters. The van der Waals surface area contributed by atoms with Crippen molar-refractivity contribution in [3.63, 3.8) is 0 Å². The van der Waals surface area contributed by atoms with Crippen LogP contribution in [0.15, 0.2) is 0 Å². The van der Waals surface area contributed by atoms with Crippen LogP contribution in [-0.4, -0.2) is 67.7 Å². The standard InChI is InChI=1S/C11H26N4S/c1-14-5-7-15(8-6-14)13-11(10-12)4-3-9-16-2/h11,13H,3-10,12H2,1-2H3. The third-order valence-electron chi connectivity index (χ3n) is 3.05. The van der Waals surface area contributed by atoms with Gasteiger partial charge < -0.3 is 10.6 Å². The zero-order valence-electron chi connectivity index (χ0n) is 10.6. The molecular formula is C11H26N4S. The van der Waals surface area contributed by atoms with E-state index in [0.29, 0.717) is 6.04 Å². The third kappa shape index (κ3) is 5.50. The Morgan fingerprint density at radius 1 is 1.31 bits per heavy atom. The molecule has 4 nitrogen and oxygen atoms in total. The van der Waals surface area contributed by atoms with Gasteiger partial charge in [-0.25, -0.2) is 5.01 Å². The van der Waals surface area contributed by atoms with E-state index in [2.05, 4.69) is 28.6 Å². The van der Waals surface area contributed by atoms with Crippen molar-refractivity contribution in [1.29, 1.82) is 0 Å². The second kappa shape index (κ2) is 8.31. The molecule has 1 fully saturated rings. The van der Waals surface area contributed by atoms with E-state index >= 15 is 0 Å². The van der Waals surface area contributed by atoms with Gasteiger partial charge in [0.25, 0.3) is 0 Å². The highest BCUT2D eigenvalue weighted by atomic mass is 32.2. The van der Waals surface area contributed by atoms with Crippen LogP contribution in [0.5, 0.6) is 0 Å². The van der Waals surface area contributed by atoms with Gasteiger partial charge in [0.1, 0.15) is 0 Å². The predicted octanol–water partition coefficient (Wildman–Crippen LogP) is 0.209. The summed E-state index contributed by atoms with van der Waals surface area (Å²) in [4.78, 5) is 2.36. The number of nitrogens with zero attached hydrogens (tertiary/aromatic N) is 2. The predicted molar refractivity (Wildman–Crippen MR) is 72.7 cm³/mol. The maximum Gasteiger partial charge on any atom is 0.0338 e. The summed E-state index contributed by atoms with van der Waals surface area (Å²) in [5.41, 5.74) is 9.35. The first kappa shape index (κ1) is 14.3. The highest BCUT2D eigenvalue weighted by Crippen LogP contribution is 2.04. The molecule has 5 heteroatoms. The van der Waals surface area contributed by atoms with Gasteiger partial charge in [-0.15, -0.1) is 0 Å². The van der Waals surface area contributed by atoms with E-state index in [1.165, 1.54) is 18.6 Å². The molecule has 0 saturated carbocycles. The van der Waals surface area contributed by atoms with Crippen molar-refractivity contribution >= 4 is 11.8 Å². The number of hydrogen-bond acceptors (Lipinski definition) is 5. The number of nitrogens with two attached hydrogens (primary N) is 1. The summed E-state index contributed by atoms with van der Waals surface area (Å²) in [5.74, 6) is 1.24. The normalized spacial score (nSPS) is 21.2. The van der Waals surface area contributed by atoms with Crippen molar-refractivity contribution in [2.45, 2.75) is 18.9 Å². The summed E-state index contributed by atoms with van der Waals surface area (Å²) in [6.45, 7) is 5.25. The monoisotopic (exact) mass is 246 g/mol. The van der Waals surface area contributed by atoms with Crippen LogP contribution < -0.4 is 11.2 Å². The maximum absolute atomic E-state index is 5.79. The molecule has 0 bridgehead atoms. The molecule has 0 spiro atoms.